The highest BCUT2D eigenvalue weighted by atomic mass is 35.5. The van der Waals surface area contributed by atoms with Crippen LogP contribution >= 0.6 is 47.1 Å². The lowest BCUT2D eigenvalue weighted by atomic mass is 10.2. The number of ether oxygens (including phenoxy) is 1. The minimum atomic E-state index is 0. The number of benzene rings is 2. The van der Waals surface area contributed by atoms with E-state index in [1.54, 1.807) is 18.4 Å². The summed E-state index contributed by atoms with van der Waals surface area (Å²) in [6.45, 7) is 3.58. The van der Waals surface area contributed by atoms with Crippen LogP contribution in [0.15, 0.2) is 41.3 Å². The monoisotopic (exact) mass is 499 g/mol. The number of rotatable bonds is 9. The summed E-state index contributed by atoms with van der Waals surface area (Å²) in [4.78, 5) is 22.9. The van der Waals surface area contributed by atoms with Crippen molar-refractivity contribution in [3.05, 3.63) is 47.0 Å². The number of thioether (sulfide) groups is 1. The molecule has 0 aliphatic carbocycles. The van der Waals surface area contributed by atoms with Gasteiger partial charge in [-0.1, -0.05) is 29.0 Å². The van der Waals surface area contributed by atoms with Crippen LogP contribution in [0.5, 0.6) is 5.75 Å². The van der Waals surface area contributed by atoms with Crippen LogP contribution in [0.4, 0.5) is 5.13 Å². The number of amides is 1. The fraction of sp³-hybridized carbons (Fsp3) is 0.364. The number of aromatic nitrogens is 1. The van der Waals surface area contributed by atoms with Gasteiger partial charge in [-0.3, -0.25) is 9.69 Å². The second-order valence-corrected chi connectivity index (χ2v) is 9.67. The SMILES string of the molecule is COc1ccc(C)c2sc(N(CCCN(C)C)C(=O)CSc3ccc(Cl)cc3)nc12.Cl. The lowest BCUT2D eigenvalue weighted by Gasteiger charge is -2.21. The number of halogens is 2. The third-order valence-electron chi connectivity index (χ3n) is 4.61. The summed E-state index contributed by atoms with van der Waals surface area (Å²) in [5.41, 5.74) is 1.94. The Morgan fingerprint density at radius 2 is 1.87 bits per heavy atom. The Bertz CT molecular complexity index is 1010. The molecule has 5 nitrogen and oxygen atoms in total. The van der Waals surface area contributed by atoms with Gasteiger partial charge in [-0.15, -0.1) is 24.2 Å². The van der Waals surface area contributed by atoms with Crippen LogP contribution < -0.4 is 9.64 Å². The first kappa shape index (κ1) is 25.7. The van der Waals surface area contributed by atoms with E-state index in [2.05, 4.69) is 11.8 Å². The zero-order valence-electron chi connectivity index (χ0n) is 18.1. The number of thiazole rings is 1. The van der Waals surface area contributed by atoms with Crippen molar-refractivity contribution in [1.29, 1.82) is 0 Å². The molecule has 31 heavy (non-hydrogen) atoms. The van der Waals surface area contributed by atoms with Gasteiger partial charge in [0.25, 0.3) is 0 Å². The number of fused-ring (bicyclic) bond motifs is 1. The molecule has 0 aliphatic heterocycles. The highest BCUT2D eigenvalue weighted by molar-refractivity contribution is 8.00. The van der Waals surface area contributed by atoms with E-state index >= 15 is 0 Å². The van der Waals surface area contributed by atoms with Crippen molar-refractivity contribution < 1.29 is 9.53 Å². The molecule has 0 saturated carbocycles. The van der Waals surface area contributed by atoms with E-state index in [4.69, 9.17) is 21.3 Å². The van der Waals surface area contributed by atoms with E-state index in [1.807, 2.05) is 55.4 Å². The smallest absolute Gasteiger partial charge is 0.239 e. The van der Waals surface area contributed by atoms with E-state index in [0.29, 0.717) is 17.3 Å². The largest absolute Gasteiger partial charge is 0.494 e. The lowest BCUT2D eigenvalue weighted by Crippen LogP contribution is -2.34. The van der Waals surface area contributed by atoms with Gasteiger partial charge in [0.05, 0.1) is 17.6 Å². The van der Waals surface area contributed by atoms with Crippen LogP contribution in [0.25, 0.3) is 10.2 Å². The highest BCUT2D eigenvalue weighted by Crippen LogP contribution is 2.36. The summed E-state index contributed by atoms with van der Waals surface area (Å²) in [5, 5.41) is 1.41. The second-order valence-electron chi connectivity index (χ2n) is 7.20. The van der Waals surface area contributed by atoms with Gasteiger partial charge in [-0.25, -0.2) is 4.98 Å². The van der Waals surface area contributed by atoms with Crippen molar-refractivity contribution in [1.82, 2.24) is 9.88 Å². The van der Waals surface area contributed by atoms with E-state index in [1.165, 1.54) is 11.8 Å². The molecule has 0 saturated heterocycles. The van der Waals surface area contributed by atoms with E-state index < -0.39 is 0 Å². The van der Waals surface area contributed by atoms with Crippen molar-refractivity contribution in [2.75, 3.05) is 44.9 Å². The van der Waals surface area contributed by atoms with Gasteiger partial charge in [0.15, 0.2) is 5.13 Å². The molecule has 0 spiro atoms. The maximum atomic E-state index is 13.2. The van der Waals surface area contributed by atoms with Gasteiger partial charge in [0.1, 0.15) is 11.3 Å². The van der Waals surface area contributed by atoms with Gasteiger partial charge < -0.3 is 9.64 Å². The molecule has 0 radical (unpaired) electrons. The van der Waals surface area contributed by atoms with Crippen LogP contribution in [0.3, 0.4) is 0 Å². The molecule has 0 bridgehead atoms. The Balaban J connectivity index is 0.00000341. The molecule has 0 aliphatic rings. The number of nitrogens with zero attached hydrogens (tertiary/aromatic N) is 3. The van der Waals surface area contributed by atoms with Crippen LogP contribution in [0.1, 0.15) is 12.0 Å². The minimum absolute atomic E-state index is 0. The Hall–Kier alpha value is -1.51. The van der Waals surface area contributed by atoms with Gasteiger partial charge in [0, 0.05) is 16.5 Å². The Morgan fingerprint density at radius 3 is 2.52 bits per heavy atom. The number of hydrogen-bond donors (Lipinski definition) is 0. The van der Waals surface area contributed by atoms with Crippen molar-refractivity contribution in [2.24, 2.45) is 0 Å². The van der Waals surface area contributed by atoms with Crippen molar-refractivity contribution >= 4 is 68.4 Å². The summed E-state index contributed by atoms with van der Waals surface area (Å²) in [6, 6.07) is 11.5. The quantitative estimate of drug-likeness (QED) is 0.350. The zero-order valence-corrected chi connectivity index (χ0v) is 21.3. The van der Waals surface area contributed by atoms with Crippen LogP contribution in [0, 0.1) is 6.92 Å². The molecule has 1 aromatic heterocycles. The first-order valence-corrected chi connectivity index (χ1v) is 11.8. The molecular formula is C22H27Cl2N3O2S2. The number of carbonyl (C=O) groups excluding carboxylic acids is 1. The summed E-state index contributed by atoms with van der Waals surface area (Å²) in [6.07, 6.45) is 0.871. The average molecular weight is 501 g/mol. The number of carbonyl (C=O) groups is 1. The summed E-state index contributed by atoms with van der Waals surface area (Å²) in [5.74, 6) is 1.12. The molecule has 3 aromatic rings. The standard InChI is InChI=1S/C22H26ClN3O2S2.ClH/c1-15-6-11-18(28-4)20-21(15)30-22(24-20)26(13-5-12-25(2)3)19(27)14-29-17-9-7-16(23)8-10-17;/h6-11H,5,12-14H2,1-4H3;1H. The number of hydrogen-bond acceptors (Lipinski definition) is 6. The fourth-order valence-electron chi connectivity index (χ4n) is 3.00. The molecule has 2 aromatic carbocycles. The first-order chi connectivity index (χ1) is 14.4. The van der Waals surface area contributed by atoms with Crippen LogP contribution in [-0.4, -0.2) is 55.8 Å². The van der Waals surface area contributed by atoms with E-state index in [9.17, 15) is 4.79 Å². The summed E-state index contributed by atoms with van der Waals surface area (Å²) in [7, 11) is 5.72. The molecule has 1 amide bonds. The topological polar surface area (TPSA) is 45.7 Å². The molecule has 0 N–H and O–H groups in total. The third-order valence-corrected chi connectivity index (χ3v) is 7.07. The van der Waals surface area contributed by atoms with Gasteiger partial charge in [0.2, 0.25) is 5.91 Å². The fourth-order valence-corrected chi connectivity index (χ4v) is 5.00. The first-order valence-electron chi connectivity index (χ1n) is 9.66. The Kier molecular flexibility index (Phi) is 9.90. The van der Waals surface area contributed by atoms with Crippen LogP contribution in [-0.2, 0) is 4.79 Å². The predicted molar refractivity (Wildman–Crippen MR) is 136 cm³/mol. The summed E-state index contributed by atoms with van der Waals surface area (Å²) < 4.78 is 6.54. The molecule has 9 heteroatoms. The average Bonchev–Trinajstić information content (AvgIpc) is 3.16. The maximum Gasteiger partial charge on any atom is 0.239 e. The maximum absolute atomic E-state index is 13.2. The Labute approximate surface area is 203 Å². The van der Waals surface area contributed by atoms with E-state index in [-0.39, 0.29) is 18.3 Å². The highest BCUT2D eigenvalue weighted by Gasteiger charge is 2.21. The molecule has 0 fully saturated rings. The predicted octanol–water partition coefficient (Wildman–Crippen LogP) is 5.77. The molecule has 168 valence electrons. The molecular weight excluding hydrogens is 473 g/mol. The second kappa shape index (κ2) is 11.9. The van der Waals surface area contributed by atoms with E-state index in [0.717, 1.165) is 44.5 Å². The van der Waals surface area contributed by atoms with Gasteiger partial charge >= 0.3 is 0 Å². The van der Waals surface area contributed by atoms with Crippen molar-refractivity contribution in [3.8, 4) is 5.75 Å². The van der Waals surface area contributed by atoms with Gasteiger partial charge in [-0.05, 0) is 69.9 Å². The van der Waals surface area contributed by atoms with Crippen molar-refractivity contribution in [2.45, 2.75) is 18.2 Å². The summed E-state index contributed by atoms with van der Waals surface area (Å²) >= 11 is 9.01. The number of methoxy groups -OCH3 is 1. The van der Waals surface area contributed by atoms with Crippen LogP contribution in [0.2, 0.25) is 5.02 Å². The molecule has 0 atom stereocenters. The molecule has 0 unspecified atom stereocenters. The van der Waals surface area contributed by atoms with Gasteiger partial charge in [-0.2, -0.15) is 0 Å². The lowest BCUT2D eigenvalue weighted by molar-refractivity contribution is -0.116. The number of aryl methyl sites for hydroxylation is 1. The number of anilines is 1. The zero-order chi connectivity index (χ0) is 21.7. The van der Waals surface area contributed by atoms with Crippen molar-refractivity contribution in [3.63, 3.8) is 0 Å². The molecule has 3 rings (SSSR count). The third kappa shape index (κ3) is 6.73. The normalized spacial score (nSPS) is 10.9. The minimum Gasteiger partial charge on any atom is -0.494 e. The Morgan fingerprint density at radius 1 is 1.16 bits per heavy atom. The molecule has 1 heterocycles.